The third-order valence-electron chi connectivity index (χ3n) is 2.71. The third kappa shape index (κ3) is 4.26. The molecule has 1 atom stereocenters. The van der Waals surface area contributed by atoms with E-state index in [0.717, 1.165) is 0 Å². The molecule has 0 fully saturated rings. The molecule has 0 saturated heterocycles. The molecule has 1 rings (SSSR count). The lowest BCUT2D eigenvalue weighted by Gasteiger charge is -2.15. The SMILES string of the molecule is CCOC(C)CNS(=O)(=O)c1c(C)cc(F)cc1C. The Hall–Kier alpha value is -0.980. The fourth-order valence-corrected chi connectivity index (χ4v) is 3.53. The summed E-state index contributed by atoms with van der Waals surface area (Å²) >= 11 is 0. The number of benzene rings is 1. The van der Waals surface area contributed by atoms with Crippen molar-refractivity contribution in [3.05, 3.63) is 29.1 Å². The lowest BCUT2D eigenvalue weighted by Crippen LogP contribution is -2.33. The third-order valence-corrected chi connectivity index (χ3v) is 4.43. The van der Waals surface area contributed by atoms with E-state index in [-0.39, 0.29) is 17.5 Å². The molecule has 0 saturated carbocycles. The summed E-state index contributed by atoms with van der Waals surface area (Å²) in [6, 6.07) is 2.43. The molecule has 108 valence electrons. The number of hydrogen-bond donors (Lipinski definition) is 1. The predicted octanol–water partition coefficient (Wildman–Crippen LogP) is 2.15. The highest BCUT2D eigenvalue weighted by Gasteiger charge is 2.20. The normalized spacial score (nSPS) is 13.5. The van der Waals surface area contributed by atoms with Crippen molar-refractivity contribution in [1.29, 1.82) is 0 Å². The summed E-state index contributed by atoms with van der Waals surface area (Å²) in [4.78, 5) is 0.137. The van der Waals surface area contributed by atoms with Gasteiger partial charge in [0, 0.05) is 13.2 Å². The molecule has 4 nitrogen and oxygen atoms in total. The Balaban J connectivity index is 2.95. The van der Waals surface area contributed by atoms with Crippen LogP contribution in [0.15, 0.2) is 17.0 Å². The van der Waals surface area contributed by atoms with Gasteiger partial charge in [0.1, 0.15) is 5.82 Å². The molecule has 0 aliphatic heterocycles. The van der Waals surface area contributed by atoms with Crippen molar-refractivity contribution in [3.63, 3.8) is 0 Å². The summed E-state index contributed by atoms with van der Waals surface area (Å²) in [5.41, 5.74) is 0.795. The first-order chi connectivity index (χ1) is 8.77. The summed E-state index contributed by atoms with van der Waals surface area (Å²) in [5, 5.41) is 0. The van der Waals surface area contributed by atoms with Crippen molar-refractivity contribution < 1.29 is 17.5 Å². The summed E-state index contributed by atoms with van der Waals surface area (Å²) in [7, 11) is -3.65. The van der Waals surface area contributed by atoms with E-state index in [1.54, 1.807) is 20.8 Å². The highest BCUT2D eigenvalue weighted by Crippen LogP contribution is 2.21. The van der Waals surface area contributed by atoms with Crippen LogP contribution in [0.4, 0.5) is 4.39 Å². The highest BCUT2D eigenvalue weighted by molar-refractivity contribution is 7.89. The quantitative estimate of drug-likeness (QED) is 0.873. The minimum atomic E-state index is -3.65. The number of nitrogens with one attached hydrogen (secondary N) is 1. The van der Waals surface area contributed by atoms with Crippen LogP contribution in [-0.4, -0.2) is 27.7 Å². The Labute approximate surface area is 114 Å². The topological polar surface area (TPSA) is 55.4 Å². The largest absolute Gasteiger partial charge is 0.377 e. The molecule has 0 aliphatic rings. The van der Waals surface area contributed by atoms with Gasteiger partial charge in [-0.2, -0.15) is 0 Å². The van der Waals surface area contributed by atoms with Crippen molar-refractivity contribution >= 4 is 10.0 Å². The van der Waals surface area contributed by atoms with Crippen LogP contribution in [0.25, 0.3) is 0 Å². The van der Waals surface area contributed by atoms with E-state index in [4.69, 9.17) is 4.74 Å². The van der Waals surface area contributed by atoms with Gasteiger partial charge in [-0.1, -0.05) is 0 Å². The molecule has 19 heavy (non-hydrogen) atoms. The second-order valence-electron chi connectivity index (χ2n) is 4.49. The van der Waals surface area contributed by atoms with Gasteiger partial charge in [-0.15, -0.1) is 0 Å². The van der Waals surface area contributed by atoms with Crippen LogP contribution in [0.5, 0.6) is 0 Å². The molecular weight excluding hydrogens is 269 g/mol. The summed E-state index contributed by atoms with van der Waals surface area (Å²) in [5.74, 6) is -0.434. The van der Waals surface area contributed by atoms with Crippen LogP contribution in [0, 0.1) is 19.7 Å². The van der Waals surface area contributed by atoms with E-state index in [0.29, 0.717) is 17.7 Å². The lowest BCUT2D eigenvalue weighted by atomic mass is 10.1. The number of rotatable bonds is 6. The summed E-state index contributed by atoms with van der Waals surface area (Å²) in [6.45, 7) is 7.51. The van der Waals surface area contributed by atoms with Gasteiger partial charge in [0.05, 0.1) is 11.0 Å². The maximum absolute atomic E-state index is 13.2. The first-order valence-corrected chi connectivity index (χ1v) is 7.64. The molecular formula is C13H20FNO3S. The zero-order valence-electron chi connectivity index (χ0n) is 11.7. The number of aryl methyl sites for hydroxylation is 2. The average molecular weight is 289 g/mol. The van der Waals surface area contributed by atoms with Crippen molar-refractivity contribution in [2.24, 2.45) is 0 Å². The van der Waals surface area contributed by atoms with Crippen molar-refractivity contribution in [2.75, 3.05) is 13.2 Å². The lowest BCUT2D eigenvalue weighted by molar-refractivity contribution is 0.0799. The molecule has 1 N–H and O–H groups in total. The van der Waals surface area contributed by atoms with Gasteiger partial charge in [-0.25, -0.2) is 17.5 Å². The maximum Gasteiger partial charge on any atom is 0.241 e. The zero-order valence-corrected chi connectivity index (χ0v) is 12.5. The number of sulfonamides is 1. The standard InChI is InChI=1S/C13H20FNO3S/c1-5-18-11(4)8-15-19(16,17)13-9(2)6-12(14)7-10(13)3/h6-7,11,15H,5,8H2,1-4H3. The monoisotopic (exact) mass is 289 g/mol. The van der Waals surface area contributed by atoms with Gasteiger partial charge in [0.25, 0.3) is 0 Å². The number of ether oxygens (including phenoxy) is 1. The molecule has 1 unspecified atom stereocenters. The van der Waals surface area contributed by atoms with Crippen LogP contribution in [0.3, 0.4) is 0 Å². The number of hydrogen-bond acceptors (Lipinski definition) is 3. The molecule has 0 heterocycles. The molecule has 0 bridgehead atoms. The Morgan fingerprint density at radius 2 is 1.84 bits per heavy atom. The highest BCUT2D eigenvalue weighted by atomic mass is 32.2. The van der Waals surface area contributed by atoms with Crippen LogP contribution < -0.4 is 4.72 Å². The Kier molecular flexibility index (Phi) is 5.46. The van der Waals surface area contributed by atoms with Crippen LogP contribution in [-0.2, 0) is 14.8 Å². The fraction of sp³-hybridized carbons (Fsp3) is 0.538. The molecule has 1 aromatic rings. The molecule has 1 aromatic carbocycles. The Bertz CT molecular complexity index is 520. The second kappa shape index (κ2) is 6.45. The van der Waals surface area contributed by atoms with Crippen LogP contribution >= 0.6 is 0 Å². The minimum Gasteiger partial charge on any atom is -0.377 e. The van der Waals surface area contributed by atoms with Crippen molar-refractivity contribution in [2.45, 2.75) is 38.7 Å². The van der Waals surface area contributed by atoms with Gasteiger partial charge in [-0.05, 0) is 51.0 Å². The molecule has 0 amide bonds. The first kappa shape index (κ1) is 16.1. The maximum atomic E-state index is 13.2. The van der Waals surface area contributed by atoms with E-state index < -0.39 is 15.8 Å². The Morgan fingerprint density at radius 1 is 1.32 bits per heavy atom. The van der Waals surface area contributed by atoms with Gasteiger partial charge in [0.15, 0.2) is 0 Å². The smallest absolute Gasteiger partial charge is 0.241 e. The van der Waals surface area contributed by atoms with Gasteiger partial charge < -0.3 is 4.74 Å². The molecule has 0 aliphatic carbocycles. The second-order valence-corrected chi connectivity index (χ2v) is 6.19. The first-order valence-electron chi connectivity index (χ1n) is 6.16. The summed E-state index contributed by atoms with van der Waals surface area (Å²) in [6.07, 6.45) is -0.208. The molecule has 6 heteroatoms. The average Bonchev–Trinajstić information content (AvgIpc) is 2.25. The number of halogens is 1. The van der Waals surface area contributed by atoms with Gasteiger partial charge >= 0.3 is 0 Å². The van der Waals surface area contributed by atoms with Crippen molar-refractivity contribution in [3.8, 4) is 0 Å². The van der Waals surface area contributed by atoms with E-state index in [1.165, 1.54) is 12.1 Å². The summed E-state index contributed by atoms with van der Waals surface area (Å²) < 4.78 is 45.3. The molecule has 0 radical (unpaired) electrons. The van der Waals surface area contributed by atoms with Crippen molar-refractivity contribution in [1.82, 2.24) is 4.72 Å². The fourth-order valence-electron chi connectivity index (χ4n) is 1.96. The van der Waals surface area contributed by atoms with E-state index in [1.807, 2.05) is 6.92 Å². The minimum absolute atomic E-state index is 0.137. The van der Waals surface area contributed by atoms with E-state index >= 15 is 0 Å². The zero-order chi connectivity index (χ0) is 14.6. The van der Waals surface area contributed by atoms with Gasteiger partial charge in [0.2, 0.25) is 10.0 Å². The van der Waals surface area contributed by atoms with Crippen LogP contribution in [0.1, 0.15) is 25.0 Å². The molecule has 0 spiro atoms. The van der Waals surface area contributed by atoms with Crippen LogP contribution in [0.2, 0.25) is 0 Å². The van der Waals surface area contributed by atoms with Gasteiger partial charge in [-0.3, -0.25) is 0 Å². The predicted molar refractivity (Wildman–Crippen MR) is 72.2 cm³/mol. The van der Waals surface area contributed by atoms with E-state index in [2.05, 4.69) is 4.72 Å². The van der Waals surface area contributed by atoms with E-state index in [9.17, 15) is 12.8 Å². The molecule has 0 aromatic heterocycles. The Morgan fingerprint density at radius 3 is 2.32 bits per heavy atom.